The molecule has 4 bridgehead atoms. The maximum Gasteiger partial charge on any atom is 0.257 e. The van der Waals surface area contributed by atoms with E-state index in [9.17, 15) is 4.79 Å². The SMILES string of the molecule is Cc1ccc(C)c(C(=O)Nc2nnc(C34CC5CC(CC(C5)C3)C4)s2)c1. The molecule has 0 radical (unpaired) electrons. The number of hydrogen-bond donors (Lipinski definition) is 1. The number of aryl methyl sites for hydroxylation is 2. The number of amides is 1. The molecule has 1 N–H and O–H groups in total. The molecule has 0 saturated heterocycles. The lowest BCUT2D eigenvalue weighted by Gasteiger charge is -2.55. The van der Waals surface area contributed by atoms with Crippen molar-refractivity contribution in [2.24, 2.45) is 17.8 Å². The van der Waals surface area contributed by atoms with Gasteiger partial charge in [0.15, 0.2) is 0 Å². The number of carbonyl (C=O) groups is 1. The molecule has 4 fully saturated rings. The van der Waals surface area contributed by atoms with Crippen LogP contribution >= 0.6 is 11.3 Å². The van der Waals surface area contributed by atoms with Crippen LogP contribution in [0.3, 0.4) is 0 Å². The van der Waals surface area contributed by atoms with Gasteiger partial charge >= 0.3 is 0 Å². The van der Waals surface area contributed by atoms with Gasteiger partial charge in [-0.2, -0.15) is 0 Å². The number of carbonyl (C=O) groups excluding carboxylic acids is 1. The van der Waals surface area contributed by atoms with Crippen LogP contribution < -0.4 is 5.32 Å². The standard InChI is InChI=1S/C21H25N3OS/c1-12-3-4-13(2)17(5-12)18(25)22-20-24-23-19(26-20)21-9-14-6-15(10-21)8-16(7-14)11-21/h3-5,14-16H,6-11H2,1-2H3,(H,22,24,25). The monoisotopic (exact) mass is 367 g/mol. The highest BCUT2D eigenvalue weighted by Gasteiger charge is 2.53. The molecule has 0 unspecified atom stereocenters. The number of benzene rings is 1. The Kier molecular flexibility index (Phi) is 3.71. The molecule has 5 heteroatoms. The predicted octanol–water partition coefficient (Wildman–Crippen LogP) is 4.88. The second-order valence-electron chi connectivity index (χ2n) is 8.88. The van der Waals surface area contributed by atoms with Gasteiger partial charge in [0.05, 0.1) is 0 Å². The van der Waals surface area contributed by atoms with Gasteiger partial charge in [-0.3, -0.25) is 10.1 Å². The van der Waals surface area contributed by atoms with E-state index in [-0.39, 0.29) is 11.3 Å². The Labute approximate surface area is 158 Å². The molecule has 136 valence electrons. The van der Waals surface area contributed by atoms with Gasteiger partial charge in [-0.1, -0.05) is 29.0 Å². The Morgan fingerprint density at radius 1 is 1.08 bits per heavy atom. The fourth-order valence-electron chi connectivity index (χ4n) is 6.01. The molecule has 4 nitrogen and oxygen atoms in total. The molecule has 0 aliphatic heterocycles. The van der Waals surface area contributed by atoms with Crippen molar-refractivity contribution in [2.75, 3.05) is 5.32 Å². The zero-order valence-electron chi connectivity index (χ0n) is 15.4. The molecule has 4 aliphatic rings. The normalized spacial score (nSPS) is 32.0. The summed E-state index contributed by atoms with van der Waals surface area (Å²) < 4.78 is 0. The van der Waals surface area contributed by atoms with Gasteiger partial charge in [-0.25, -0.2) is 0 Å². The van der Waals surface area contributed by atoms with E-state index >= 15 is 0 Å². The highest BCUT2D eigenvalue weighted by molar-refractivity contribution is 7.15. The largest absolute Gasteiger partial charge is 0.296 e. The van der Waals surface area contributed by atoms with Crippen LogP contribution in [-0.2, 0) is 5.41 Å². The summed E-state index contributed by atoms with van der Waals surface area (Å²) in [5.74, 6) is 2.58. The summed E-state index contributed by atoms with van der Waals surface area (Å²) in [5, 5.41) is 13.7. The van der Waals surface area contributed by atoms with E-state index < -0.39 is 0 Å². The third-order valence-electron chi connectivity index (χ3n) is 6.78. The van der Waals surface area contributed by atoms with Crippen molar-refractivity contribution in [1.29, 1.82) is 0 Å². The first-order valence-electron chi connectivity index (χ1n) is 9.73. The minimum atomic E-state index is -0.0839. The molecule has 4 aliphatic carbocycles. The number of nitrogens with one attached hydrogen (secondary N) is 1. The van der Waals surface area contributed by atoms with Gasteiger partial charge in [0, 0.05) is 11.0 Å². The van der Waals surface area contributed by atoms with Gasteiger partial charge in [0.1, 0.15) is 5.01 Å². The Bertz CT molecular complexity index is 837. The summed E-state index contributed by atoms with van der Waals surface area (Å²) in [5.41, 5.74) is 3.04. The van der Waals surface area contributed by atoms with Crippen LogP contribution in [0.15, 0.2) is 18.2 Å². The van der Waals surface area contributed by atoms with Crippen LogP contribution in [0, 0.1) is 31.6 Å². The first-order chi connectivity index (χ1) is 12.5. The zero-order chi connectivity index (χ0) is 17.9. The summed E-state index contributed by atoms with van der Waals surface area (Å²) in [6.45, 7) is 3.97. The van der Waals surface area contributed by atoms with Crippen molar-refractivity contribution >= 4 is 22.4 Å². The average molecular weight is 368 g/mol. The van der Waals surface area contributed by atoms with Crippen molar-refractivity contribution in [3.63, 3.8) is 0 Å². The molecule has 0 atom stereocenters. The van der Waals surface area contributed by atoms with E-state index in [1.807, 2.05) is 32.0 Å². The van der Waals surface area contributed by atoms with Gasteiger partial charge < -0.3 is 0 Å². The Morgan fingerprint density at radius 2 is 1.73 bits per heavy atom. The number of nitrogens with zero attached hydrogens (tertiary/aromatic N) is 2. The molecule has 1 amide bonds. The maximum absolute atomic E-state index is 12.7. The van der Waals surface area contributed by atoms with E-state index in [1.165, 1.54) is 38.5 Å². The lowest BCUT2D eigenvalue weighted by molar-refractivity contribution is -0.00555. The molecular weight excluding hydrogens is 342 g/mol. The van der Waals surface area contributed by atoms with Crippen LogP contribution in [-0.4, -0.2) is 16.1 Å². The van der Waals surface area contributed by atoms with E-state index in [0.717, 1.165) is 39.5 Å². The Morgan fingerprint density at radius 3 is 2.38 bits per heavy atom. The molecule has 0 spiro atoms. The number of rotatable bonds is 3. The smallest absolute Gasteiger partial charge is 0.257 e. The molecular formula is C21H25N3OS. The highest BCUT2D eigenvalue weighted by Crippen LogP contribution is 2.61. The lowest BCUT2D eigenvalue weighted by Crippen LogP contribution is -2.48. The first kappa shape index (κ1) is 16.4. The summed E-state index contributed by atoms with van der Waals surface area (Å²) in [6.07, 6.45) is 8.10. The van der Waals surface area contributed by atoms with Gasteiger partial charge in [0.25, 0.3) is 5.91 Å². The molecule has 26 heavy (non-hydrogen) atoms. The molecule has 6 rings (SSSR count). The van der Waals surface area contributed by atoms with Gasteiger partial charge in [-0.15, -0.1) is 10.2 Å². The minimum absolute atomic E-state index is 0.0839. The molecule has 4 saturated carbocycles. The van der Waals surface area contributed by atoms with E-state index in [1.54, 1.807) is 11.3 Å². The van der Waals surface area contributed by atoms with Crippen LogP contribution in [0.25, 0.3) is 0 Å². The number of aromatic nitrogens is 2. The maximum atomic E-state index is 12.7. The van der Waals surface area contributed by atoms with Crippen LogP contribution in [0.5, 0.6) is 0 Å². The quantitative estimate of drug-likeness (QED) is 0.841. The summed E-state index contributed by atoms with van der Waals surface area (Å²) in [4.78, 5) is 12.7. The topological polar surface area (TPSA) is 54.9 Å². The van der Waals surface area contributed by atoms with Crippen LogP contribution in [0.4, 0.5) is 5.13 Å². The summed E-state index contributed by atoms with van der Waals surface area (Å²) >= 11 is 1.60. The Balaban J connectivity index is 1.38. The lowest BCUT2D eigenvalue weighted by atomic mass is 9.50. The van der Waals surface area contributed by atoms with E-state index in [0.29, 0.717) is 5.13 Å². The van der Waals surface area contributed by atoms with E-state index in [4.69, 9.17) is 0 Å². The van der Waals surface area contributed by atoms with Crippen LogP contribution in [0.2, 0.25) is 0 Å². The third-order valence-corrected chi connectivity index (χ3v) is 7.86. The number of anilines is 1. The van der Waals surface area contributed by atoms with Crippen molar-refractivity contribution in [3.8, 4) is 0 Å². The minimum Gasteiger partial charge on any atom is -0.296 e. The summed E-state index contributed by atoms with van der Waals surface area (Å²) in [7, 11) is 0. The second kappa shape index (κ2) is 5.88. The van der Waals surface area contributed by atoms with Crippen molar-refractivity contribution in [2.45, 2.75) is 57.8 Å². The molecule has 1 aromatic heterocycles. The highest BCUT2D eigenvalue weighted by atomic mass is 32.1. The first-order valence-corrected chi connectivity index (χ1v) is 10.5. The van der Waals surface area contributed by atoms with Gasteiger partial charge in [0.2, 0.25) is 5.13 Å². The predicted molar refractivity (Wildman–Crippen MR) is 104 cm³/mol. The van der Waals surface area contributed by atoms with Gasteiger partial charge in [-0.05, 0) is 81.8 Å². The summed E-state index contributed by atoms with van der Waals surface area (Å²) in [6, 6.07) is 5.96. The molecule has 1 aromatic carbocycles. The average Bonchev–Trinajstić information content (AvgIpc) is 3.05. The van der Waals surface area contributed by atoms with E-state index in [2.05, 4.69) is 15.5 Å². The van der Waals surface area contributed by atoms with Crippen molar-refractivity contribution < 1.29 is 4.79 Å². The second-order valence-corrected chi connectivity index (χ2v) is 9.86. The fraction of sp³-hybridized carbons (Fsp3) is 0.571. The molecule has 2 aromatic rings. The van der Waals surface area contributed by atoms with Crippen molar-refractivity contribution in [3.05, 3.63) is 39.9 Å². The molecule has 1 heterocycles. The Hall–Kier alpha value is -1.75. The zero-order valence-corrected chi connectivity index (χ0v) is 16.2. The fourth-order valence-corrected chi connectivity index (χ4v) is 6.96. The third kappa shape index (κ3) is 2.68. The van der Waals surface area contributed by atoms with Crippen LogP contribution in [0.1, 0.15) is 65.0 Å². The number of hydrogen-bond acceptors (Lipinski definition) is 4. The van der Waals surface area contributed by atoms with Crippen molar-refractivity contribution in [1.82, 2.24) is 10.2 Å².